The van der Waals surface area contributed by atoms with Gasteiger partial charge in [0.1, 0.15) is 0 Å². The Morgan fingerprint density at radius 2 is 2.37 bits per heavy atom. The van der Waals surface area contributed by atoms with Gasteiger partial charge in [0.15, 0.2) is 0 Å². The lowest BCUT2D eigenvalue weighted by Gasteiger charge is -2.15. The molecule has 0 spiro atoms. The number of hydrogen-bond donors (Lipinski definition) is 2. The van der Waals surface area contributed by atoms with Crippen LogP contribution in [0.1, 0.15) is 22.9 Å². The topological polar surface area (TPSA) is 62.2 Å². The van der Waals surface area contributed by atoms with E-state index in [1.807, 2.05) is 23.6 Å². The van der Waals surface area contributed by atoms with Gasteiger partial charge in [-0.25, -0.2) is 0 Å². The van der Waals surface area contributed by atoms with Crippen molar-refractivity contribution in [2.45, 2.75) is 19.0 Å². The summed E-state index contributed by atoms with van der Waals surface area (Å²) in [5, 5.41) is 14.2. The van der Waals surface area contributed by atoms with Gasteiger partial charge in [0.05, 0.1) is 12.5 Å². The summed E-state index contributed by atoms with van der Waals surface area (Å²) >= 11 is 4.93. The van der Waals surface area contributed by atoms with E-state index in [4.69, 9.17) is 5.11 Å². The predicted molar refractivity (Wildman–Crippen MR) is 78.1 cm³/mol. The summed E-state index contributed by atoms with van der Waals surface area (Å²) in [5.41, 5.74) is 1.02. The average Bonchev–Trinajstić information content (AvgIpc) is 2.88. The number of aliphatic carboxylic acids is 1. The smallest absolute Gasteiger partial charge is 0.305 e. The minimum atomic E-state index is -0.807. The molecule has 100 valence electrons. The van der Waals surface area contributed by atoms with Crippen LogP contribution in [0.25, 0.3) is 0 Å². The van der Waals surface area contributed by atoms with Crippen molar-refractivity contribution in [3.63, 3.8) is 0 Å². The number of rotatable bonds is 6. The quantitative estimate of drug-likeness (QED) is 0.847. The van der Waals surface area contributed by atoms with E-state index in [0.717, 1.165) is 14.9 Å². The van der Waals surface area contributed by atoms with Crippen LogP contribution in [0.5, 0.6) is 0 Å². The van der Waals surface area contributed by atoms with Crippen LogP contribution in [0.3, 0.4) is 0 Å². The Bertz CT molecular complexity index is 545. The Morgan fingerprint density at radius 3 is 3.00 bits per heavy atom. The lowest BCUT2D eigenvalue weighted by Crippen LogP contribution is -2.22. The first-order valence-corrected chi connectivity index (χ1v) is 7.40. The molecular weight excluding hydrogens is 328 g/mol. The Morgan fingerprint density at radius 1 is 1.53 bits per heavy atom. The largest absolute Gasteiger partial charge is 0.481 e. The number of hydrogen-bond acceptors (Lipinski definition) is 4. The molecule has 1 unspecified atom stereocenters. The third-order valence-electron chi connectivity index (χ3n) is 2.58. The highest BCUT2D eigenvalue weighted by Crippen LogP contribution is 2.22. The number of nitrogens with zero attached hydrogens (tertiary/aromatic N) is 1. The molecule has 0 radical (unpaired) electrons. The van der Waals surface area contributed by atoms with Crippen LogP contribution in [0.4, 0.5) is 0 Å². The highest BCUT2D eigenvalue weighted by molar-refractivity contribution is 9.10. The molecule has 2 heterocycles. The molecule has 0 amide bonds. The summed E-state index contributed by atoms with van der Waals surface area (Å²) < 4.78 is 0.915. The number of nitrogens with one attached hydrogen (secondary N) is 1. The third kappa shape index (κ3) is 4.41. The van der Waals surface area contributed by atoms with Gasteiger partial charge in [-0.05, 0) is 39.0 Å². The van der Waals surface area contributed by atoms with E-state index in [2.05, 4.69) is 26.2 Å². The zero-order valence-electron chi connectivity index (χ0n) is 10.0. The summed E-state index contributed by atoms with van der Waals surface area (Å²) in [6, 6.07) is 5.67. The van der Waals surface area contributed by atoms with Gasteiger partial charge in [-0.3, -0.25) is 9.78 Å². The van der Waals surface area contributed by atoms with Gasteiger partial charge in [0.2, 0.25) is 0 Å². The molecule has 0 aliphatic carbocycles. The first kappa shape index (κ1) is 14.2. The van der Waals surface area contributed by atoms with Crippen LogP contribution in [-0.2, 0) is 11.3 Å². The molecule has 0 fully saturated rings. The summed E-state index contributed by atoms with van der Waals surface area (Å²) in [6.45, 7) is 0.586. The van der Waals surface area contributed by atoms with Gasteiger partial charge in [-0.2, -0.15) is 0 Å². The van der Waals surface area contributed by atoms with Crippen molar-refractivity contribution in [1.29, 1.82) is 0 Å². The zero-order chi connectivity index (χ0) is 13.7. The lowest BCUT2D eigenvalue weighted by atomic mass is 10.1. The van der Waals surface area contributed by atoms with Gasteiger partial charge in [0, 0.05) is 28.3 Å². The first-order valence-electron chi connectivity index (χ1n) is 5.73. The maximum absolute atomic E-state index is 10.9. The minimum absolute atomic E-state index is 0.0714. The van der Waals surface area contributed by atoms with Crippen molar-refractivity contribution in [2.24, 2.45) is 0 Å². The molecular formula is C13H13BrN2O2S. The minimum Gasteiger partial charge on any atom is -0.481 e. The highest BCUT2D eigenvalue weighted by atomic mass is 79.9. The van der Waals surface area contributed by atoms with E-state index in [1.54, 1.807) is 23.7 Å². The molecule has 0 saturated carbocycles. The van der Waals surface area contributed by atoms with Crippen LogP contribution in [-0.4, -0.2) is 16.1 Å². The number of carbonyl (C=O) groups is 1. The van der Waals surface area contributed by atoms with Crippen LogP contribution in [0, 0.1) is 0 Å². The molecule has 6 heteroatoms. The van der Waals surface area contributed by atoms with Crippen molar-refractivity contribution < 1.29 is 9.90 Å². The van der Waals surface area contributed by atoms with Crippen LogP contribution >= 0.6 is 27.3 Å². The Kier molecular flexibility index (Phi) is 5.07. The van der Waals surface area contributed by atoms with E-state index in [0.29, 0.717) is 6.54 Å². The molecule has 0 aliphatic heterocycles. The maximum Gasteiger partial charge on any atom is 0.305 e. The van der Waals surface area contributed by atoms with Gasteiger partial charge < -0.3 is 10.4 Å². The number of pyridine rings is 1. The molecule has 0 saturated heterocycles. The number of aromatic nitrogens is 1. The monoisotopic (exact) mass is 340 g/mol. The molecule has 2 N–H and O–H groups in total. The number of carboxylic acid groups (broad SMARTS) is 1. The zero-order valence-corrected chi connectivity index (χ0v) is 12.4. The molecule has 0 aliphatic rings. The van der Waals surface area contributed by atoms with Crippen molar-refractivity contribution in [2.75, 3.05) is 0 Å². The normalized spacial score (nSPS) is 12.3. The Balaban J connectivity index is 2.02. The molecule has 0 bridgehead atoms. The molecule has 2 rings (SSSR count). The molecule has 4 nitrogen and oxygen atoms in total. The Hall–Kier alpha value is -1.24. The van der Waals surface area contributed by atoms with E-state index in [9.17, 15) is 4.79 Å². The first-order chi connectivity index (χ1) is 9.15. The summed E-state index contributed by atoms with van der Waals surface area (Å²) in [7, 11) is 0. The number of halogens is 1. The van der Waals surface area contributed by atoms with Crippen molar-refractivity contribution in [3.8, 4) is 0 Å². The fourth-order valence-electron chi connectivity index (χ4n) is 1.73. The van der Waals surface area contributed by atoms with Gasteiger partial charge in [-0.15, -0.1) is 11.3 Å². The lowest BCUT2D eigenvalue weighted by molar-refractivity contribution is -0.137. The summed E-state index contributed by atoms with van der Waals surface area (Å²) in [6.07, 6.45) is 3.56. The molecule has 1 atom stereocenters. The second-order valence-electron chi connectivity index (χ2n) is 4.06. The van der Waals surface area contributed by atoms with Crippen molar-refractivity contribution in [1.82, 2.24) is 10.3 Å². The SMILES string of the molecule is O=C(O)CC(NCc1cncc(Br)c1)c1cccs1. The summed E-state index contributed by atoms with van der Waals surface area (Å²) in [5.74, 6) is -0.807. The second kappa shape index (κ2) is 6.79. The fraction of sp³-hybridized carbons (Fsp3) is 0.231. The summed E-state index contributed by atoms with van der Waals surface area (Å²) in [4.78, 5) is 16.0. The third-order valence-corrected chi connectivity index (χ3v) is 4.00. The standard InChI is InChI=1S/C13H13BrN2O2S/c14-10-4-9(6-15-8-10)7-16-11(5-13(17)18)12-2-1-3-19-12/h1-4,6,8,11,16H,5,7H2,(H,17,18). The van der Waals surface area contributed by atoms with Crippen LogP contribution in [0.2, 0.25) is 0 Å². The fourth-order valence-corrected chi connectivity index (χ4v) is 2.95. The number of thiophene rings is 1. The molecule has 2 aromatic heterocycles. The van der Waals surface area contributed by atoms with Gasteiger partial charge in [-0.1, -0.05) is 6.07 Å². The van der Waals surface area contributed by atoms with Gasteiger partial charge in [0.25, 0.3) is 0 Å². The van der Waals surface area contributed by atoms with E-state index in [-0.39, 0.29) is 12.5 Å². The molecule has 0 aromatic carbocycles. The predicted octanol–water partition coefficient (Wildman–Crippen LogP) is 3.21. The average molecular weight is 341 g/mol. The maximum atomic E-state index is 10.9. The second-order valence-corrected chi connectivity index (χ2v) is 5.95. The van der Waals surface area contributed by atoms with E-state index in [1.165, 1.54) is 0 Å². The molecule has 19 heavy (non-hydrogen) atoms. The van der Waals surface area contributed by atoms with E-state index >= 15 is 0 Å². The van der Waals surface area contributed by atoms with Crippen molar-refractivity contribution in [3.05, 3.63) is 50.9 Å². The van der Waals surface area contributed by atoms with E-state index < -0.39 is 5.97 Å². The molecule has 2 aromatic rings. The highest BCUT2D eigenvalue weighted by Gasteiger charge is 2.15. The van der Waals surface area contributed by atoms with Crippen LogP contribution in [0.15, 0.2) is 40.4 Å². The Labute approximate surface area is 123 Å². The number of carboxylic acids is 1. The van der Waals surface area contributed by atoms with Crippen molar-refractivity contribution >= 4 is 33.2 Å². The van der Waals surface area contributed by atoms with Gasteiger partial charge >= 0.3 is 5.97 Å². The van der Waals surface area contributed by atoms with Crippen LogP contribution < -0.4 is 5.32 Å².